The molecule has 1 aromatic carbocycles. The molecule has 90 valence electrons. The Bertz CT molecular complexity index is 563. The molecule has 0 unspecified atom stereocenters. The minimum absolute atomic E-state index is 0.786. The van der Waals surface area contributed by atoms with Crippen LogP contribution in [0.25, 0.3) is 10.6 Å². The molecule has 4 heteroatoms. The van der Waals surface area contributed by atoms with Crippen molar-refractivity contribution in [2.45, 2.75) is 20.8 Å². The summed E-state index contributed by atoms with van der Waals surface area (Å²) in [4.78, 5) is 4.50. The summed E-state index contributed by atoms with van der Waals surface area (Å²) in [5, 5.41) is 3.77. The van der Waals surface area contributed by atoms with E-state index >= 15 is 0 Å². The number of nitrogens with zero attached hydrogens (tertiary/aromatic N) is 1. The second-order valence-corrected chi connectivity index (χ2v) is 5.24. The molecule has 0 fully saturated rings. The van der Waals surface area contributed by atoms with E-state index in [1.807, 2.05) is 32.2 Å². The van der Waals surface area contributed by atoms with Gasteiger partial charge in [-0.1, -0.05) is 11.6 Å². The molecule has 0 saturated carbocycles. The summed E-state index contributed by atoms with van der Waals surface area (Å²) in [5.74, 6) is 0.832. The van der Waals surface area contributed by atoms with Crippen molar-refractivity contribution in [3.05, 3.63) is 33.3 Å². The van der Waals surface area contributed by atoms with Crippen LogP contribution in [0.4, 0.5) is 0 Å². The molecule has 2 rings (SSSR count). The molecule has 0 aliphatic heterocycles. The standard InChI is InChI=1S/C13H14ClNOS/c1-7-5-10(16-4)11(9(3)12(7)14)13-15-8(2)6-17-13/h5-6H,1-4H3. The van der Waals surface area contributed by atoms with Gasteiger partial charge in [-0.05, 0) is 38.0 Å². The third kappa shape index (κ3) is 2.17. The van der Waals surface area contributed by atoms with Gasteiger partial charge in [-0.15, -0.1) is 11.3 Å². The Hall–Kier alpha value is -1.06. The van der Waals surface area contributed by atoms with Crippen molar-refractivity contribution in [1.29, 1.82) is 0 Å². The lowest BCUT2D eigenvalue weighted by atomic mass is 10.0. The number of thiazole rings is 1. The minimum Gasteiger partial charge on any atom is -0.496 e. The minimum atomic E-state index is 0.786. The molecule has 0 atom stereocenters. The fourth-order valence-corrected chi connectivity index (χ4v) is 2.87. The van der Waals surface area contributed by atoms with E-state index < -0.39 is 0 Å². The van der Waals surface area contributed by atoms with Crippen molar-refractivity contribution in [1.82, 2.24) is 4.98 Å². The van der Waals surface area contributed by atoms with Gasteiger partial charge in [0.15, 0.2) is 0 Å². The van der Waals surface area contributed by atoms with E-state index in [0.717, 1.165) is 38.2 Å². The van der Waals surface area contributed by atoms with Crippen LogP contribution >= 0.6 is 22.9 Å². The molecule has 0 saturated heterocycles. The Morgan fingerprint density at radius 1 is 1.29 bits per heavy atom. The number of rotatable bonds is 2. The van der Waals surface area contributed by atoms with E-state index in [-0.39, 0.29) is 0 Å². The zero-order chi connectivity index (χ0) is 12.6. The van der Waals surface area contributed by atoms with Crippen molar-refractivity contribution in [2.75, 3.05) is 7.11 Å². The quantitative estimate of drug-likeness (QED) is 0.805. The van der Waals surface area contributed by atoms with Gasteiger partial charge >= 0.3 is 0 Å². The lowest BCUT2D eigenvalue weighted by Crippen LogP contribution is -1.94. The van der Waals surface area contributed by atoms with Gasteiger partial charge in [-0.25, -0.2) is 4.98 Å². The zero-order valence-corrected chi connectivity index (χ0v) is 11.9. The summed E-state index contributed by atoms with van der Waals surface area (Å²) in [6, 6.07) is 1.96. The van der Waals surface area contributed by atoms with Crippen molar-refractivity contribution >= 4 is 22.9 Å². The molecular weight excluding hydrogens is 254 g/mol. The largest absolute Gasteiger partial charge is 0.496 e. The lowest BCUT2D eigenvalue weighted by Gasteiger charge is -2.13. The first kappa shape index (κ1) is 12.4. The van der Waals surface area contributed by atoms with E-state index in [0.29, 0.717) is 0 Å². The lowest BCUT2D eigenvalue weighted by molar-refractivity contribution is 0.416. The first-order valence-electron chi connectivity index (χ1n) is 5.30. The van der Waals surface area contributed by atoms with Crippen molar-refractivity contribution in [3.63, 3.8) is 0 Å². The van der Waals surface area contributed by atoms with Crippen molar-refractivity contribution in [3.8, 4) is 16.3 Å². The van der Waals surface area contributed by atoms with Gasteiger partial charge in [0.1, 0.15) is 10.8 Å². The summed E-state index contributed by atoms with van der Waals surface area (Å²) in [6.07, 6.45) is 0. The third-order valence-electron chi connectivity index (χ3n) is 2.70. The number of benzene rings is 1. The Kier molecular flexibility index (Phi) is 3.40. The highest BCUT2D eigenvalue weighted by molar-refractivity contribution is 7.13. The van der Waals surface area contributed by atoms with Gasteiger partial charge in [0, 0.05) is 16.1 Å². The van der Waals surface area contributed by atoms with Crippen LogP contribution in [0.2, 0.25) is 5.02 Å². The second kappa shape index (κ2) is 4.67. The summed E-state index contributed by atoms with van der Waals surface area (Å²) >= 11 is 7.90. The van der Waals surface area contributed by atoms with Crippen LogP contribution in [-0.4, -0.2) is 12.1 Å². The van der Waals surface area contributed by atoms with Crippen molar-refractivity contribution < 1.29 is 4.74 Å². The number of methoxy groups -OCH3 is 1. The molecule has 0 spiro atoms. The Labute approximate surface area is 110 Å². The van der Waals surface area contributed by atoms with Crippen LogP contribution in [0.5, 0.6) is 5.75 Å². The zero-order valence-electron chi connectivity index (χ0n) is 10.3. The molecule has 17 heavy (non-hydrogen) atoms. The predicted molar refractivity (Wildman–Crippen MR) is 73.3 cm³/mol. The Balaban J connectivity index is 2.71. The van der Waals surface area contributed by atoms with Gasteiger partial charge in [-0.2, -0.15) is 0 Å². The molecule has 0 radical (unpaired) electrons. The summed E-state index contributed by atoms with van der Waals surface area (Å²) in [6.45, 7) is 5.97. The number of hydrogen-bond donors (Lipinski definition) is 0. The molecule has 2 nitrogen and oxygen atoms in total. The van der Waals surface area contributed by atoms with E-state index in [2.05, 4.69) is 4.98 Å². The van der Waals surface area contributed by atoms with Crippen LogP contribution in [0.1, 0.15) is 16.8 Å². The Morgan fingerprint density at radius 3 is 2.53 bits per heavy atom. The molecule has 0 aliphatic carbocycles. The number of aryl methyl sites for hydroxylation is 2. The van der Waals surface area contributed by atoms with Gasteiger partial charge in [0.25, 0.3) is 0 Å². The van der Waals surface area contributed by atoms with Crippen LogP contribution in [0, 0.1) is 20.8 Å². The molecule has 0 aliphatic rings. The Morgan fingerprint density at radius 2 is 2.00 bits per heavy atom. The maximum Gasteiger partial charge on any atom is 0.129 e. The van der Waals surface area contributed by atoms with Crippen LogP contribution in [-0.2, 0) is 0 Å². The monoisotopic (exact) mass is 267 g/mol. The number of hydrogen-bond acceptors (Lipinski definition) is 3. The molecule has 0 N–H and O–H groups in total. The molecule has 1 aromatic heterocycles. The van der Waals surface area contributed by atoms with Crippen LogP contribution < -0.4 is 4.74 Å². The van der Waals surface area contributed by atoms with Gasteiger partial charge in [-0.3, -0.25) is 0 Å². The third-order valence-corrected chi connectivity index (χ3v) is 4.26. The van der Waals surface area contributed by atoms with E-state index in [9.17, 15) is 0 Å². The highest BCUT2D eigenvalue weighted by atomic mass is 35.5. The smallest absolute Gasteiger partial charge is 0.129 e. The highest BCUT2D eigenvalue weighted by Crippen LogP contribution is 2.39. The van der Waals surface area contributed by atoms with Gasteiger partial charge in [0.2, 0.25) is 0 Å². The maximum atomic E-state index is 6.29. The van der Waals surface area contributed by atoms with Gasteiger partial charge < -0.3 is 4.74 Å². The molecule has 0 amide bonds. The first-order chi connectivity index (χ1) is 8.04. The fourth-order valence-electron chi connectivity index (χ4n) is 1.82. The second-order valence-electron chi connectivity index (χ2n) is 4.00. The SMILES string of the molecule is COc1cc(C)c(Cl)c(C)c1-c1nc(C)cs1. The number of ether oxygens (including phenoxy) is 1. The predicted octanol–water partition coefficient (Wildman–Crippen LogP) is 4.40. The molecule has 0 bridgehead atoms. The highest BCUT2D eigenvalue weighted by Gasteiger charge is 2.16. The topological polar surface area (TPSA) is 22.1 Å². The van der Waals surface area contributed by atoms with E-state index in [1.165, 1.54) is 0 Å². The maximum absolute atomic E-state index is 6.29. The van der Waals surface area contributed by atoms with Gasteiger partial charge in [0.05, 0.1) is 12.7 Å². The summed E-state index contributed by atoms with van der Waals surface area (Å²) in [7, 11) is 1.67. The number of aromatic nitrogens is 1. The fraction of sp³-hybridized carbons (Fsp3) is 0.308. The van der Waals surface area contributed by atoms with Crippen LogP contribution in [0.15, 0.2) is 11.4 Å². The van der Waals surface area contributed by atoms with E-state index in [4.69, 9.17) is 16.3 Å². The number of halogens is 1. The summed E-state index contributed by atoms with van der Waals surface area (Å²) in [5.41, 5.74) is 4.07. The van der Waals surface area contributed by atoms with Crippen molar-refractivity contribution in [2.24, 2.45) is 0 Å². The van der Waals surface area contributed by atoms with E-state index in [1.54, 1.807) is 18.4 Å². The van der Waals surface area contributed by atoms with Crippen LogP contribution in [0.3, 0.4) is 0 Å². The first-order valence-corrected chi connectivity index (χ1v) is 6.56. The average molecular weight is 268 g/mol. The molecular formula is C13H14ClNOS. The molecule has 1 heterocycles. The normalized spacial score (nSPS) is 10.6. The molecule has 2 aromatic rings. The average Bonchev–Trinajstić information content (AvgIpc) is 2.71. The summed E-state index contributed by atoms with van der Waals surface area (Å²) < 4.78 is 5.43.